The summed E-state index contributed by atoms with van der Waals surface area (Å²) in [5.74, 6) is -1.75. The van der Waals surface area contributed by atoms with Crippen LogP contribution in [0.25, 0.3) is 0 Å². The van der Waals surface area contributed by atoms with E-state index in [2.05, 4.69) is 20.8 Å². The molecule has 0 bridgehead atoms. The van der Waals surface area contributed by atoms with Crippen LogP contribution in [0.2, 0.25) is 0 Å². The first-order chi connectivity index (χ1) is 14.9. The summed E-state index contributed by atoms with van der Waals surface area (Å²) >= 11 is 2.64. The van der Waals surface area contributed by atoms with Crippen LogP contribution in [0.5, 0.6) is 0 Å². The molecule has 11 nitrogen and oxygen atoms in total. The molecule has 0 spiro atoms. The second-order valence-electron chi connectivity index (χ2n) is 6.84. The number of nitrogens with one attached hydrogen (secondary N) is 1. The van der Waals surface area contributed by atoms with Gasteiger partial charge in [0.2, 0.25) is 5.16 Å². The van der Waals surface area contributed by atoms with Gasteiger partial charge in [-0.15, -0.1) is 16.9 Å². The van der Waals surface area contributed by atoms with Gasteiger partial charge >= 0.3 is 24.8 Å². The van der Waals surface area contributed by atoms with E-state index in [4.69, 9.17) is 0 Å². The number of hydrogen-bond acceptors (Lipinski definition) is 9. The molecule has 2 aromatic rings. The molecule has 3 atom stereocenters. The van der Waals surface area contributed by atoms with E-state index in [-0.39, 0.29) is 24.6 Å². The number of carbonyl (C=O) groups is 3. The van der Waals surface area contributed by atoms with Crippen LogP contribution in [0, 0.1) is 0 Å². The number of nitrogens with zero attached hydrogens (tertiary/aromatic N) is 5. The molecule has 4 rings (SSSR count). The number of aryl methyl sites for hydroxylation is 1. The van der Waals surface area contributed by atoms with Crippen molar-refractivity contribution in [1.29, 1.82) is 0 Å². The number of carboxylic acids is 1. The fourth-order valence-corrected chi connectivity index (χ4v) is 5.64. The molecular weight excluding hydrogens is 451 g/mol. The third kappa shape index (κ3) is 4.57. The van der Waals surface area contributed by atoms with Crippen LogP contribution in [-0.2, 0) is 21.4 Å². The third-order valence-electron chi connectivity index (χ3n) is 4.87. The second-order valence-corrected chi connectivity index (χ2v) is 8.89. The minimum absolute atomic E-state index is 0. The summed E-state index contributed by atoms with van der Waals surface area (Å²) in [5.41, 5.74) is 0.901. The van der Waals surface area contributed by atoms with E-state index in [1.54, 1.807) is 37.4 Å². The molecule has 1 saturated heterocycles. The quantitative estimate of drug-likeness (QED) is 0.265. The Kier molecular flexibility index (Phi) is 7.68. The van der Waals surface area contributed by atoms with Crippen molar-refractivity contribution in [3.8, 4) is 0 Å². The van der Waals surface area contributed by atoms with Gasteiger partial charge in [-0.2, -0.15) is 0 Å². The average Bonchev–Trinajstić information content (AvgIpc) is 3.19. The minimum atomic E-state index is -1.42. The van der Waals surface area contributed by atoms with Gasteiger partial charge in [0, 0.05) is 18.6 Å². The first-order valence-corrected chi connectivity index (χ1v) is 11.2. The Balaban J connectivity index is 0.00000289. The maximum atomic E-state index is 12.7. The van der Waals surface area contributed by atoms with Crippen LogP contribution in [0.4, 0.5) is 0 Å². The van der Waals surface area contributed by atoms with Crippen LogP contribution in [0.3, 0.4) is 0 Å². The molecule has 2 aliphatic rings. The van der Waals surface area contributed by atoms with E-state index >= 15 is 0 Å². The number of carbonyl (C=O) groups excluding carboxylic acids is 2. The summed E-state index contributed by atoms with van der Waals surface area (Å²) in [5, 5.41) is 33.6. The standard InChI is InChI=1S/C18H18N6O5S2.Li.H/c1-23-18(20-21-22-23)31-8-10-7-30-16-11(15(27)24(16)12(10)17(28)29)19-14(26)13(25)9-5-3-2-4-6-9;;/h2-6,11,13,16,25H,7-8H2,1H3,(H,19,26)(H,28,29);;/t11-,13-,16-;;/m1../s1. The Hall–Kier alpha value is -2.30. The summed E-state index contributed by atoms with van der Waals surface area (Å²) in [6.07, 6.45) is -1.42. The topological polar surface area (TPSA) is 151 Å². The van der Waals surface area contributed by atoms with Crippen molar-refractivity contribution < 1.29 is 24.6 Å². The molecule has 1 fully saturated rings. The van der Waals surface area contributed by atoms with Gasteiger partial charge < -0.3 is 15.5 Å². The summed E-state index contributed by atoms with van der Waals surface area (Å²) in [7, 11) is 1.68. The molecule has 0 unspecified atom stereocenters. The van der Waals surface area contributed by atoms with E-state index in [1.807, 2.05) is 0 Å². The first kappa shape index (κ1) is 24.3. The molecule has 164 valence electrons. The van der Waals surface area contributed by atoms with Gasteiger partial charge in [-0.3, -0.25) is 14.5 Å². The Morgan fingerprint density at radius 2 is 2.06 bits per heavy atom. The predicted octanol–water partition coefficient (Wildman–Crippen LogP) is -0.874. The molecule has 2 aliphatic heterocycles. The van der Waals surface area contributed by atoms with Gasteiger partial charge in [0.05, 0.1) is 0 Å². The fourth-order valence-electron chi connectivity index (χ4n) is 3.31. The molecular formula is C18H19LiN6O5S2. The number of aliphatic hydroxyl groups is 1. The van der Waals surface area contributed by atoms with Crippen molar-refractivity contribution >= 4 is 60.2 Å². The van der Waals surface area contributed by atoms with Crippen LogP contribution in [0.1, 0.15) is 11.7 Å². The van der Waals surface area contributed by atoms with Crippen molar-refractivity contribution in [3.05, 3.63) is 47.2 Å². The average molecular weight is 470 g/mol. The number of thioether (sulfide) groups is 2. The number of rotatable bonds is 7. The number of amides is 2. The number of carboxylic acid groups (broad SMARTS) is 1. The molecule has 14 heteroatoms. The van der Waals surface area contributed by atoms with Crippen molar-refractivity contribution in [2.45, 2.75) is 22.7 Å². The number of tetrazole rings is 1. The molecule has 0 saturated carbocycles. The van der Waals surface area contributed by atoms with Crippen LogP contribution in [0.15, 0.2) is 46.8 Å². The number of aromatic nitrogens is 4. The summed E-state index contributed by atoms with van der Waals surface area (Å²) in [4.78, 5) is 38.2. The van der Waals surface area contributed by atoms with Crippen molar-refractivity contribution in [3.63, 3.8) is 0 Å². The fraction of sp³-hybridized carbons (Fsp3) is 0.333. The number of benzene rings is 1. The molecule has 2 amide bonds. The number of aliphatic carboxylic acids is 1. The van der Waals surface area contributed by atoms with Crippen LogP contribution in [-0.4, -0.2) is 94.9 Å². The molecule has 32 heavy (non-hydrogen) atoms. The number of aliphatic hydroxyl groups excluding tert-OH is 1. The Bertz CT molecular complexity index is 1070. The summed E-state index contributed by atoms with van der Waals surface area (Å²) in [6.45, 7) is 0. The molecule has 0 aliphatic carbocycles. The Morgan fingerprint density at radius 3 is 2.69 bits per heavy atom. The normalized spacial score (nSPS) is 20.7. The van der Waals surface area contributed by atoms with Gasteiger partial charge in [-0.05, 0) is 21.6 Å². The van der Waals surface area contributed by atoms with Crippen LogP contribution >= 0.6 is 23.5 Å². The van der Waals surface area contributed by atoms with Gasteiger partial charge in [-0.1, -0.05) is 42.1 Å². The molecule has 3 N–H and O–H groups in total. The maximum absolute atomic E-state index is 12.7. The first-order valence-electron chi connectivity index (χ1n) is 9.17. The summed E-state index contributed by atoms with van der Waals surface area (Å²) < 4.78 is 1.48. The zero-order chi connectivity index (χ0) is 22.1. The molecule has 0 radical (unpaired) electrons. The van der Waals surface area contributed by atoms with E-state index in [9.17, 15) is 24.6 Å². The zero-order valence-electron chi connectivity index (χ0n) is 16.2. The predicted molar refractivity (Wildman–Crippen MR) is 118 cm³/mol. The molecule has 3 heterocycles. The van der Waals surface area contributed by atoms with E-state index in [0.29, 0.717) is 27.8 Å². The second kappa shape index (κ2) is 10.1. The number of β-lactam (4-membered cyclic amide) rings is 1. The SMILES string of the molecule is Cn1nnnc1SCC1=C(C(=O)O)N2C(=O)[C@@H](NC(=O)[C@H](O)c3ccccc3)[C@H]2SC1.[LiH]. The zero-order valence-corrected chi connectivity index (χ0v) is 17.8. The van der Waals surface area contributed by atoms with Gasteiger partial charge in [0.1, 0.15) is 17.1 Å². The Labute approximate surface area is 203 Å². The van der Waals surface area contributed by atoms with E-state index in [1.165, 1.54) is 33.1 Å². The van der Waals surface area contributed by atoms with E-state index < -0.39 is 35.3 Å². The van der Waals surface area contributed by atoms with Gasteiger partial charge in [0.15, 0.2) is 6.10 Å². The van der Waals surface area contributed by atoms with Crippen molar-refractivity contribution in [2.75, 3.05) is 11.5 Å². The Morgan fingerprint density at radius 1 is 1.34 bits per heavy atom. The molecule has 1 aromatic carbocycles. The van der Waals surface area contributed by atoms with Gasteiger partial charge in [-0.25, -0.2) is 9.48 Å². The van der Waals surface area contributed by atoms with Crippen molar-refractivity contribution in [2.24, 2.45) is 7.05 Å². The van der Waals surface area contributed by atoms with E-state index in [0.717, 1.165) is 0 Å². The number of fused-ring (bicyclic) bond motifs is 1. The van der Waals surface area contributed by atoms with Crippen LogP contribution < -0.4 is 5.32 Å². The number of hydrogen-bond donors (Lipinski definition) is 3. The monoisotopic (exact) mass is 470 g/mol. The summed E-state index contributed by atoms with van der Waals surface area (Å²) in [6, 6.07) is 7.46. The third-order valence-corrected chi connectivity index (χ3v) is 7.30. The molecule has 1 aromatic heterocycles. The van der Waals surface area contributed by atoms with Gasteiger partial charge in [0.25, 0.3) is 11.8 Å². The van der Waals surface area contributed by atoms with Crippen molar-refractivity contribution in [1.82, 2.24) is 30.4 Å².